The van der Waals surface area contributed by atoms with Crippen LogP contribution >= 0.6 is 11.3 Å². The molecule has 0 bridgehead atoms. The monoisotopic (exact) mass is 386 g/mol. The number of hydrazine groups is 1. The molecule has 1 heterocycles. The van der Waals surface area contributed by atoms with E-state index in [9.17, 15) is 14.4 Å². The molecule has 0 unspecified atom stereocenters. The maximum Gasteiger partial charge on any atom is 0.330 e. The molecule has 2 amide bonds. The minimum absolute atomic E-state index is 0.361. The number of ether oxygens (including phenoxy) is 1. The van der Waals surface area contributed by atoms with Crippen molar-refractivity contribution in [3.05, 3.63) is 58.3 Å². The Kier molecular flexibility index (Phi) is 7.76. The van der Waals surface area contributed by atoms with Crippen LogP contribution in [0.4, 0.5) is 5.69 Å². The molecule has 0 aliphatic heterocycles. The minimum Gasteiger partial charge on any atom is -0.463 e. The number of carbonyl (C=O) groups excluding carboxylic acids is 3. The summed E-state index contributed by atoms with van der Waals surface area (Å²) in [6, 6.07) is 10.6. The minimum atomic E-state index is -0.449. The van der Waals surface area contributed by atoms with Gasteiger partial charge in [0, 0.05) is 13.0 Å². The van der Waals surface area contributed by atoms with Gasteiger partial charge < -0.3 is 4.74 Å². The van der Waals surface area contributed by atoms with Gasteiger partial charge in [0.1, 0.15) is 4.88 Å². The van der Waals surface area contributed by atoms with Crippen LogP contribution in [0, 0.1) is 0 Å². The molecule has 1 aromatic heterocycles. The molecule has 0 atom stereocenters. The molecular weight excluding hydrogens is 364 g/mol. The number of para-hydroxylation sites is 1. The van der Waals surface area contributed by atoms with Crippen molar-refractivity contribution in [3.63, 3.8) is 0 Å². The molecule has 27 heavy (non-hydrogen) atoms. The molecule has 6 nitrogen and oxygen atoms in total. The molecule has 0 radical (unpaired) electrons. The largest absolute Gasteiger partial charge is 0.463 e. The SMILES string of the molecule is CCCCOC(=O)/C=C/c1ccsc1C(=O)N(NC(C)=O)c1ccccc1. The summed E-state index contributed by atoms with van der Waals surface area (Å²) < 4.78 is 5.08. The molecule has 0 aliphatic carbocycles. The van der Waals surface area contributed by atoms with E-state index >= 15 is 0 Å². The summed E-state index contributed by atoms with van der Waals surface area (Å²) in [5.41, 5.74) is 3.67. The summed E-state index contributed by atoms with van der Waals surface area (Å²) >= 11 is 1.24. The predicted octanol–water partition coefficient (Wildman–Crippen LogP) is 3.80. The van der Waals surface area contributed by atoms with E-state index in [0.717, 1.165) is 12.8 Å². The Morgan fingerprint density at radius 2 is 1.93 bits per heavy atom. The molecule has 0 fully saturated rings. The van der Waals surface area contributed by atoms with Gasteiger partial charge in [0.05, 0.1) is 12.3 Å². The van der Waals surface area contributed by atoms with Crippen LogP contribution < -0.4 is 10.4 Å². The van der Waals surface area contributed by atoms with Crippen LogP contribution in [-0.2, 0) is 14.3 Å². The topological polar surface area (TPSA) is 75.7 Å². The second-order valence-corrected chi connectivity index (χ2v) is 6.62. The van der Waals surface area contributed by atoms with Crippen molar-refractivity contribution >= 4 is 40.9 Å². The molecule has 142 valence electrons. The van der Waals surface area contributed by atoms with E-state index in [0.29, 0.717) is 22.7 Å². The van der Waals surface area contributed by atoms with Gasteiger partial charge >= 0.3 is 5.97 Å². The number of amides is 2. The molecule has 0 spiro atoms. The van der Waals surface area contributed by atoms with Crippen molar-refractivity contribution in [2.75, 3.05) is 11.6 Å². The van der Waals surface area contributed by atoms with Gasteiger partial charge in [-0.2, -0.15) is 0 Å². The number of hydrogen-bond donors (Lipinski definition) is 1. The highest BCUT2D eigenvalue weighted by atomic mass is 32.1. The van der Waals surface area contributed by atoms with Gasteiger partial charge in [-0.15, -0.1) is 11.3 Å². The van der Waals surface area contributed by atoms with E-state index in [1.165, 1.54) is 29.3 Å². The molecule has 0 aliphatic rings. The Morgan fingerprint density at radius 1 is 1.19 bits per heavy atom. The highest BCUT2D eigenvalue weighted by Crippen LogP contribution is 2.23. The van der Waals surface area contributed by atoms with E-state index < -0.39 is 5.97 Å². The fourth-order valence-electron chi connectivity index (χ4n) is 2.22. The van der Waals surface area contributed by atoms with Crippen LogP contribution in [0.15, 0.2) is 47.9 Å². The van der Waals surface area contributed by atoms with Gasteiger partial charge in [-0.25, -0.2) is 9.80 Å². The number of nitrogens with zero attached hydrogens (tertiary/aromatic N) is 1. The van der Waals surface area contributed by atoms with Gasteiger partial charge in [0.2, 0.25) is 5.91 Å². The lowest BCUT2D eigenvalue weighted by atomic mass is 10.2. The second-order valence-electron chi connectivity index (χ2n) is 5.70. The molecule has 2 aromatic rings. The molecule has 0 saturated heterocycles. The number of anilines is 1. The maximum atomic E-state index is 13.0. The summed E-state index contributed by atoms with van der Waals surface area (Å²) in [5.74, 6) is -1.19. The fraction of sp³-hybridized carbons (Fsp3) is 0.250. The second kappa shape index (κ2) is 10.3. The van der Waals surface area contributed by atoms with Gasteiger partial charge in [-0.05, 0) is 41.6 Å². The Balaban J connectivity index is 2.19. The Bertz CT molecular complexity index is 814. The van der Waals surface area contributed by atoms with Crippen LogP contribution in [0.2, 0.25) is 0 Å². The lowest BCUT2D eigenvalue weighted by Gasteiger charge is -2.22. The Morgan fingerprint density at radius 3 is 2.59 bits per heavy atom. The van der Waals surface area contributed by atoms with Crippen molar-refractivity contribution < 1.29 is 19.1 Å². The summed E-state index contributed by atoms with van der Waals surface area (Å²) in [6.45, 7) is 3.73. The van der Waals surface area contributed by atoms with Crippen LogP contribution in [0.25, 0.3) is 6.08 Å². The maximum absolute atomic E-state index is 13.0. The van der Waals surface area contributed by atoms with Crippen molar-refractivity contribution in [3.8, 4) is 0 Å². The first-order valence-electron chi connectivity index (χ1n) is 8.62. The van der Waals surface area contributed by atoms with E-state index in [1.807, 2.05) is 13.0 Å². The fourth-order valence-corrected chi connectivity index (χ4v) is 3.03. The number of esters is 1. The van der Waals surface area contributed by atoms with Crippen LogP contribution in [0.1, 0.15) is 41.9 Å². The van der Waals surface area contributed by atoms with Gasteiger partial charge in [0.25, 0.3) is 5.91 Å². The van der Waals surface area contributed by atoms with Crippen molar-refractivity contribution in [2.24, 2.45) is 0 Å². The number of carbonyl (C=O) groups is 3. The lowest BCUT2D eigenvalue weighted by Crippen LogP contribution is -2.45. The molecular formula is C20H22N2O4S. The quantitative estimate of drug-likeness (QED) is 0.340. The van der Waals surface area contributed by atoms with Gasteiger partial charge in [-0.1, -0.05) is 31.5 Å². The van der Waals surface area contributed by atoms with E-state index in [2.05, 4.69) is 5.43 Å². The van der Waals surface area contributed by atoms with E-state index in [-0.39, 0.29) is 11.8 Å². The summed E-state index contributed by atoms with van der Waals surface area (Å²) in [6.07, 6.45) is 4.61. The van der Waals surface area contributed by atoms with Crippen LogP contribution in [-0.4, -0.2) is 24.4 Å². The van der Waals surface area contributed by atoms with Crippen LogP contribution in [0.3, 0.4) is 0 Å². The van der Waals surface area contributed by atoms with E-state index in [4.69, 9.17) is 4.74 Å². The standard InChI is InChI=1S/C20H22N2O4S/c1-3-4-13-26-18(24)11-10-16-12-14-27-19(16)20(25)22(21-15(2)23)17-8-6-5-7-9-17/h5-12,14H,3-4,13H2,1-2H3,(H,21,23)/b11-10+. The van der Waals surface area contributed by atoms with Crippen molar-refractivity contribution in [1.29, 1.82) is 0 Å². The molecule has 1 N–H and O–H groups in total. The van der Waals surface area contributed by atoms with E-state index in [1.54, 1.807) is 41.8 Å². The molecule has 2 rings (SSSR count). The first kappa shape index (κ1) is 20.4. The number of benzene rings is 1. The summed E-state index contributed by atoms with van der Waals surface area (Å²) in [7, 11) is 0. The third kappa shape index (κ3) is 6.07. The van der Waals surface area contributed by atoms with Gasteiger partial charge in [0.15, 0.2) is 0 Å². The van der Waals surface area contributed by atoms with Gasteiger partial charge in [-0.3, -0.25) is 15.0 Å². The smallest absolute Gasteiger partial charge is 0.330 e. The third-order valence-corrected chi connectivity index (χ3v) is 4.44. The Hall–Kier alpha value is -2.93. The van der Waals surface area contributed by atoms with Crippen molar-refractivity contribution in [2.45, 2.75) is 26.7 Å². The summed E-state index contributed by atoms with van der Waals surface area (Å²) in [5, 5.41) is 2.96. The zero-order valence-corrected chi connectivity index (χ0v) is 16.1. The number of rotatable bonds is 7. The number of hydrogen-bond acceptors (Lipinski definition) is 5. The number of thiophene rings is 1. The summed E-state index contributed by atoms with van der Waals surface area (Å²) in [4.78, 5) is 36.7. The predicted molar refractivity (Wildman–Crippen MR) is 106 cm³/mol. The van der Waals surface area contributed by atoms with Crippen LogP contribution in [0.5, 0.6) is 0 Å². The van der Waals surface area contributed by atoms with Crippen molar-refractivity contribution in [1.82, 2.24) is 5.43 Å². The molecule has 7 heteroatoms. The first-order valence-corrected chi connectivity index (χ1v) is 9.50. The molecule has 1 aromatic carbocycles. The third-order valence-electron chi connectivity index (χ3n) is 3.52. The highest BCUT2D eigenvalue weighted by molar-refractivity contribution is 7.12. The average Bonchev–Trinajstić information content (AvgIpc) is 3.13. The zero-order chi connectivity index (χ0) is 19.6. The Labute approximate surface area is 162 Å². The number of nitrogens with one attached hydrogen (secondary N) is 1. The normalized spacial score (nSPS) is 10.6. The average molecular weight is 386 g/mol. The first-order chi connectivity index (χ1) is 13.0. The lowest BCUT2D eigenvalue weighted by molar-refractivity contribution is -0.137. The zero-order valence-electron chi connectivity index (χ0n) is 15.3. The number of unbranched alkanes of at least 4 members (excludes halogenated alkanes) is 1. The highest BCUT2D eigenvalue weighted by Gasteiger charge is 2.22. The molecule has 0 saturated carbocycles.